The van der Waals surface area contributed by atoms with Crippen molar-refractivity contribution < 1.29 is 4.74 Å². The number of halogens is 1. The fraction of sp³-hybridized carbons (Fsp3) is 0.333. The van der Waals surface area contributed by atoms with Crippen molar-refractivity contribution >= 4 is 15.9 Å². The lowest BCUT2D eigenvalue weighted by molar-refractivity contribution is 0.473. The summed E-state index contributed by atoms with van der Waals surface area (Å²) >= 11 is 3.50. The van der Waals surface area contributed by atoms with Gasteiger partial charge >= 0.3 is 0 Å². The van der Waals surface area contributed by atoms with Gasteiger partial charge in [-0.05, 0) is 49.2 Å². The standard InChI is InChI=1S/C18H22BrNO/c1-4-13(2)14-6-9-17(10-7-14)21-18-11-16(19)8-5-15(18)12-20-3/h5-11,13,20H,4,12H2,1-3H3. The molecule has 0 fully saturated rings. The SMILES string of the molecule is CCC(C)c1ccc(Oc2cc(Br)ccc2CNC)cc1. The lowest BCUT2D eigenvalue weighted by Crippen LogP contribution is -2.06. The average molecular weight is 348 g/mol. The zero-order chi connectivity index (χ0) is 15.2. The third-order valence-electron chi connectivity index (χ3n) is 3.69. The molecule has 2 rings (SSSR count). The quantitative estimate of drug-likeness (QED) is 0.747. The molecule has 1 N–H and O–H groups in total. The minimum Gasteiger partial charge on any atom is -0.457 e. The van der Waals surface area contributed by atoms with Crippen LogP contribution in [0.1, 0.15) is 37.3 Å². The van der Waals surface area contributed by atoms with Gasteiger partial charge in [-0.15, -0.1) is 0 Å². The maximum absolute atomic E-state index is 6.04. The second-order valence-electron chi connectivity index (χ2n) is 5.26. The molecule has 0 saturated heterocycles. The van der Waals surface area contributed by atoms with Gasteiger partial charge in [-0.2, -0.15) is 0 Å². The summed E-state index contributed by atoms with van der Waals surface area (Å²) in [6.07, 6.45) is 1.15. The number of hydrogen-bond donors (Lipinski definition) is 1. The van der Waals surface area contributed by atoms with E-state index in [1.54, 1.807) is 0 Å². The normalized spacial score (nSPS) is 12.2. The first-order valence-electron chi connectivity index (χ1n) is 7.35. The van der Waals surface area contributed by atoms with Crippen LogP contribution in [0.3, 0.4) is 0 Å². The highest BCUT2D eigenvalue weighted by Crippen LogP contribution is 2.30. The summed E-state index contributed by atoms with van der Waals surface area (Å²) in [6.45, 7) is 5.24. The smallest absolute Gasteiger partial charge is 0.133 e. The topological polar surface area (TPSA) is 21.3 Å². The van der Waals surface area contributed by atoms with Crippen molar-refractivity contribution in [3.8, 4) is 11.5 Å². The van der Waals surface area contributed by atoms with Crippen molar-refractivity contribution in [2.45, 2.75) is 32.7 Å². The van der Waals surface area contributed by atoms with E-state index in [9.17, 15) is 0 Å². The summed E-state index contributed by atoms with van der Waals surface area (Å²) in [6, 6.07) is 14.5. The molecule has 1 atom stereocenters. The highest BCUT2D eigenvalue weighted by atomic mass is 79.9. The van der Waals surface area contributed by atoms with Crippen molar-refractivity contribution in [3.05, 3.63) is 58.1 Å². The van der Waals surface area contributed by atoms with E-state index < -0.39 is 0 Å². The van der Waals surface area contributed by atoms with Crippen LogP contribution < -0.4 is 10.1 Å². The van der Waals surface area contributed by atoms with Crippen LogP contribution in [-0.4, -0.2) is 7.05 Å². The average Bonchev–Trinajstić information content (AvgIpc) is 2.50. The second-order valence-corrected chi connectivity index (χ2v) is 6.18. The first-order chi connectivity index (χ1) is 10.1. The molecule has 0 aliphatic rings. The summed E-state index contributed by atoms with van der Waals surface area (Å²) in [7, 11) is 1.94. The van der Waals surface area contributed by atoms with E-state index in [2.05, 4.69) is 53.3 Å². The minimum absolute atomic E-state index is 0.588. The highest BCUT2D eigenvalue weighted by molar-refractivity contribution is 9.10. The van der Waals surface area contributed by atoms with Crippen LogP contribution in [0, 0.1) is 0 Å². The Labute approximate surface area is 135 Å². The van der Waals surface area contributed by atoms with E-state index in [1.807, 2.05) is 31.3 Å². The van der Waals surface area contributed by atoms with E-state index in [-0.39, 0.29) is 0 Å². The summed E-state index contributed by atoms with van der Waals surface area (Å²) in [5.74, 6) is 2.34. The molecule has 0 radical (unpaired) electrons. The third-order valence-corrected chi connectivity index (χ3v) is 4.18. The molecule has 2 nitrogen and oxygen atoms in total. The predicted molar refractivity (Wildman–Crippen MR) is 92.1 cm³/mol. The Morgan fingerprint density at radius 2 is 1.86 bits per heavy atom. The Balaban J connectivity index is 2.19. The van der Waals surface area contributed by atoms with E-state index in [4.69, 9.17) is 4.74 Å². The molecule has 0 amide bonds. The van der Waals surface area contributed by atoms with Crippen LogP contribution in [0.5, 0.6) is 11.5 Å². The molecular formula is C18H22BrNO. The van der Waals surface area contributed by atoms with Gasteiger partial charge in [0.25, 0.3) is 0 Å². The molecule has 0 aromatic heterocycles. The monoisotopic (exact) mass is 347 g/mol. The van der Waals surface area contributed by atoms with Gasteiger partial charge in [0.1, 0.15) is 11.5 Å². The zero-order valence-corrected chi connectivity index (χ0v) is 14.4. The molecule has 0 bridgehead atoms. The van der Waals surface area contributed by atoms with Crippen molar-refractivity contribution in [1.82, 2.24) is 5.32 Å². The van der Waals surface area contributed by atoms with Crippen LogP contribution in [0.2, 0.25) is 0 Å². The molecule has 0 aliphatic heterocycles. The number of nitrogens with one attached hydrogen (secondary N) is 1. The maximum Gasteiger partial charge on any atom is 0.133 e. The van der Waals surface area contributed by atoms with Crippen molar-refractivity contribution in [2.75, 3.05) is 7.05 Å². The summed E-state index contributed by atoms with van der Waals surface area (Å²) < 4.78 is 7.06. The maximum atomic E-state index is 6.04. The van der Waals surface area contributed by atoms with Gasteiger partial charge in [0.05, 0.1) is 0 Å². The Morgan fingerprint density at radius 3 is 2.48 bits per heavy atom. The van der Waals surface area contributed by atoms with Crippen LogP contribution >= 0.6 is 15.9 Å². The van der Waals surface area contributed by atoms with E-state index in [1.165, 1.54) is 5.56 Å². The second kappa shape index (κ2) is 7.62. The third kappa shape index (κ3) is 4.32. The fourth-order valence-corrected chi connectivity index (χ4v) is 2.53. The lowest BCUT2D eigenvalue weighted by atomic mass is 9.99. The lowest BCUT2D eigenvalue weighted by Gasteiger charge is -2.13. The number of hydrogen-bond acceptors (Lipinski definition) is 2. The largest absolute Gasteiger partial charge is 0.457 e. The molecule has 2 aromatic rings. The fourth-order valence-electron chi connectivity index (χ4n) is 2.19. The van der Waals surface area contributed by atoms with Gasteiger partial charge in [0.2, 0.25) is 0 Å². The van der Waals surface area contributed by atoms with Crippen LogP contribution in [0.15, 0.2) is 46.9 Å². The Kier molecular flexibility index (Phi) is 5.83. The van der Waals surface area contributed by atoms with Crippen LogP contribution in [-0.2, 0) is 6.54 Å². The molecule has 112 valence electrons. The Hall–Kier alpha value is -1.32. The molecule has 1 unspecified atom stereocenters. The van der Waals surface area contributed by atoms with Crippen molar-refractivity contribution in [2.24, 2.45) is 0 Å². The van der Waals surface area contributed by atoms with Crippen molar-refractivity contribution in [3.63, 3.8) is 0 Å². The molecular weight excluding hydrogens is 326 g/mol. The van der Waals surface area contributed by atoms with Gasteiger partial charge in [-0.25, -0.2) is 0 Å². The Morgan fingerprint density at radius 1 is 1.14 bits per heavy atom. The number of benzene rings is 2. The molecule has 3 heteroatoms. The number of ether oxygens (including phenoxy) is 1. The van der Waals surface area contributed by atoms with E-state index in [0.29, 0.717) is 5.92 Å². The summed E-state index contributed by atoms with van der Waals surface area (Å²) in [5.41, 5.74) is 2.50. The molecule has 2 aromatic carbocycles. The van der Waals surface area contributed by atoms with Crippen LogP contribution in [0.25, 0.3) is 0 Å². The molecule has 0 aliphatic carbocycles. The molecule has 0 spiro atoms. The summed E-state index contributed by atoms with van der Waals surface area (Å²) in [5, 5.41) is 3.17. The summed E-state index contributed by atoms with van der Waals surface area (Å²) in [4.78, 5) is 0. The number of rotatable bonds is 6. The predicted octanol–water partition coefficient (Wildman–Crippen LogP) is 5.47. The first-order valence-corrected chi connectivity index (χ1v) is 8.14. The van der Waals surface area contributed by atoms with Crippen molar-refractivity contribution in [1.29, 1.82) is 0 Å². The molecule has 0 saturated carbocycles. The van der Waals surface area contributed by atoms with Gasteiger partial charge in [0.15, 0.2) is 0 Å². The molecule has 21 heavy (non-hydrogen) atoms. The zero-order valence-electron chi connectivity index (χ0n) is 12.8. The van der Waals surface area contributed by atoms with Gasteiger partial charge in [-0.1, -0.05) is 48.0 Å². The van der Waals surface area contributed by atoms with Gasteiger partial charge in [0, 0.05) is 16.6 Å². The first kappa shape index (κ1) is 16.1. The minimum atomic E-state index is 0.588. The van der Waals surface area contributed by atoms with E-state index >= 15 is 0 Å². The Bertz CT molecular complexity index is 580. The molecule has 0 heterocycles. The van der Waals surface area contributed by atoms with Gasteiger partial charge in [-0.3, -0.25) is 0 Å². The van der Waals surface area contributed by atoms with Crippen LogP contribution in [0.4, 0.5) is 0 Å². The highest BCUT2D eigenvalue weighted by Gasteiger charge is 2.07. The van der Waals surface area contributed by atoms with Gasteiger partial charge < -0.3 is 10.1 Å². The van der Waals surface area contributed by atoms with E-state index in [0.717, 1.165) is 34.5 Å².